The Morgan fingerprint density at radius 1 is 1.08 bits per heavy atom. The molecule has 0 aliphatic heterocycles. The van der Waals surface area contributed by atoms with E-state index in [0.717, 1.165) is 15.4 Å². The van der Waals surface area contributed by atoms with Gasteiger partial charge in [0.1, 0.15) is 11.5 Å². The van der Waals surface area contributed by atoms with Crippen molar-refractivity contribution in [3.05, 3.63) is 59.1 Å². The van der Waals surface area contributed by atoms with Crippen LogP contribution in [0.1, 0.15) is 6.92 Å². The molecule has 1 atom stereocenters. The molecule has 0 saturated carbocycles. The van der Waals surface area contributed by atoms with Crippen molar-refractivity contribution >= 4 is 32.8 Å². The van der Waals surface area contributed by atoms with Gasteiger partial charge in [-0.15, -0.1) is 0 Å². The molecule has 1 heterocycles. The van der Waals surface area contributed by atoms with Gasteiger partial charge in [-0.2, -0.15) is 0 Å². The van der Waals surface area contributed by atoms with Crippen molar-refractivity contribution in [2.45, 2.75) is 13.0 Å². The lowest BCUT2D eigenvalue weighted by Gasteiger charge is -2.11. The first-order valence-electron chi connectivity index (χ1n) is 7.25. The molecule has 3 rings (SSSR count). The first kappa shape index (κ1) is 16.3. The maximum atomic E-state index is 10.8. The van der Waals surface area contributed by atoms with Crippen molar-refractivity contribution in [1.29, 1.82) is 0 Å². The molecule has 0 amide bonds. The second-order valence-corrected chi connectivity index (χ2v) is 6.07. The third-order valence-corrected chi connectivity index (χ3v) is 3.83. The van der Waals surface area contributed by atoms with E-state index >= 15 is 0 Å². The van der Waals surface area contributed by atoms with E-state index in [1.807, 2.05) is 24.3 Å². The average molecular weight is 388 g/mol. The molecule has 0 unspecified atom stereocenters. The summed E-state index contributed by atoms with van der Waals surface area (Å²) < 4.78 is 12.0. The summed E-state index contributed by atoms with van der Waals surface area (Å²) in [4.78, 5) is 15.2. The van der Waals surface area contributed by atoms with Crippen molar-refractivity contribution in [1.82, 2.24) is 4.98 Å². The zero-order valence-corrected chi connectivity index (χ0v) is 14.4. The fourth-order valence-electron chi connectivity index (χ4n) is 2.09. The number of halogens is 1. The van der Waals surface area contributed by atoms with Crippen LogP contribution in [0.15, 0.2) is 59.1 Å². The Hall–Kier alpha value is -2.60. The minimum atomic E-state index is -1.01. The third-order valence-electron chi connectivity index (χ3n) is 3.34. The third kappa shape index (κ3) is 3.83. The monoisotopic (exact) mass is 387 g/mol. The van der Waals surface area contributed by atoms with Crippen LogP contribution in [0.3, 0.4) is 0 Å². The van der Waals surface area contributed by atoms with Gasteiger partial charge in [0.15, 0.2) is 6.10 Å². The van der Waals surface area contributed by atoms with Crippen LogP contribution in [0.5, 0.6) is 17.4 Å². The van der Waals surface area contributed by atoms with Gasteiger partial charge >= 0.3 is 5.97 Å². The summed E-state index contributed by atoms with van der Waals surface area (Å²) in [6.07, 6.45) is -0.905. The Bertz CT molecular complexity index is 880. The molecule has 0 spiro atoms. The van der Waals surface area contributed by atoms with Crippen molar-refractivity contribution < 1.29 is 19.4 Å². The highest BCUT2D eigenvalue weighted by molar-refractivity contribution is 9.10. The summed E-state index contributed by atoms with van der Waals surface area (Å²) in [5.41, 5.74) is 0.831. The fourth-order valence-corrected chi connectivity index (χ4v) is 2.44. The van der Waals surface area contributed by atoms with Gasteiger partial charge in [0, 0.05) is 15.9 Å². The number of hydrogen-bond donors (Lipinski definition) is 1. The van der Waals surface area contributed by atoms with E-state index in [0.29, 0.717) is 17.4 Å². The van der Waals surface area contributed by atoms with E-state index in [2.05, 4.69) is 20.9 Å². The van der Waals surface area contributed by atoms with E-state index in [-0.39, 0.29) is 0 Å². The van der Waals surface area contributed by atoms with Crippen molar-refractivity contribution in [2.24, 2.45) is 0 Å². The molecule has 0 saturated heterocycles. The number of carbonyl (C=O) groups is 1. The average Bonchev–Trinajstić information content (AvgIpc) is 2.56. The number of pyridine rings is 1. The van der Waals surface area contributed by atoms with E-state index in [1.165, 1.54) is 6.92 Å². The molecule has 0 radical (unpaired) electrons. The Morgan fingerprint density at radius 2 is 1.75 bits per heavy atom. The van der Waals surface area contributed by atoms with Gasteiger partial charge in [0.25, 0.3) is 0 Å². The summed E-state index contributed by atoms with van der Waals surface area (Å²) in [6, 6.07) is 16.3. The summed E-state index contributed by atoms with van der Waals surface area (Å²) in [5, 5.41) is 9.86. The molecular formula is C18H14BrNO4. The summed E-state index contributed by atoms with van der Waals surface area (Å²) in [6.45, 7) is 1.48. The molecule has 2 aromatic carbocycles. The summed E-state index contributed by atoms with van der Waals surface area (Å²) in [5.74, 6) is 0.523. The van der Waals surface area contributed by atoms with Crippen LogP contribution in [0, 0.1) is 0 Å². The Morgan fingerprint density at radius 3 is 2.46 bits per heavy atom. The molecule has 0 aliphatic rings. The van der Waals surface area contributed by atoms with E-state index in [9.17, 15) is 4.79 Å². The van der Waals surface area contributed by atoms with Crippen LogP contribution in [-0.4, -0.2) is 22.2 Å². The van der Waals surface area contributed by atoms with Crippen molar-refractivity contribution in [3.8, 4) is 17.4 Å². The Balaban J connectivity index is 1.75. The van der Waals surface area contributed by atoms with Gasteiger partial charge < -0.3 is 14.6 Å². The minimum absolute atomic E-state index is 0.465. The molecule has 3 aromatic rings. The van der Waals surface area contributed by atoms with E-state index in [1.54, 1.807) is 30.3 Å². The SMILES string of the molecule is C[C@@H](Oc1ccc(Oc2ccc3ccc(Br)cc3n2)cc1)C(=O)O. The molecule has 1 aromatic heterocycles. The number of fused-ring (bicyclic) bond motifs is 1. The number of hydrogen-bond acceptors (Lipinski definition) is 4. The molecule has 0 fully saturated rings. The molecule has 5 nitrogen and oxygen atoms in total. The summed E-state index contributed by atoms with van der Waals surface area (Å²) >= 11 is 3.42. The zero-order valence-electron chi connectivity index (χ0n) is 12.8. The quantitative estimate of drug-likeness (QED) is 0.690. The number of benzene rings is 2. The standard InChI is InChI=1S/C18H14BrNO4/c1-11(18(21)22)23-14-5-7-15(8-6-14)24-17-9-3-12-2-4-13(19)10-16(12)20-17/h2-11H,1H3,(H,21,22)/t11-/m1/s1. The number of aliphatic carboxylic acids is 1. The highest BCUT2D eigenvalue weighted by atomic mass is 79.9. The maximum Gasteiger partial charge on any atom is 0.344 e. The first-order valence-corrected chi connectivity index (χ1v) is 8.04. The number of rotatable bonds is 5. The van der Waals surface area contributed by atoms with Gasteiger partial charge in [-0.1, -0.05) is 22.0 Å². The second kappa shape index (κ2) is 6.88. The zero-order chi connectivity index (χ0) is 17.1. The smallest absolute Gasteiger partial charge is 0.344 e. The minimum Gasteiger partial charge on any atom is -0.479 e. The van der Waals surface area contributed by atoms with Crippen molar-refractivity contribution in [3.63, 3.8) is 0 Å². The molecular weight excluding hydrogens is 374 g/mol. The molecule has 24 heavy (non-hydrogen) atoms. The van der Waals surface area contributed by atoms with E-state index < -0.39 is 12.1 Å². The number of carboxylic acids is 1. The van der Waals surface area contributed by atoms with Crippen molar-refractivity contribution in [2.75, 3.05) is 0 Å². The second-order valence-electron chi connectivity index (χ2n) is 5.16. The molecule has 0 bridgehead atoms. The lowest BCUT2D eigenvalue weighted by Crippen LogP contribution is -2.22. The van der Waals surface area contributed by atoms with Crippen LogP contribution in [0.25, 0.3) is 10.9 Å². The van der Waals surface area contributed by atoms with Crippen LogP contribution in [0.4, 0.5) is 0 Å². The topological polar surface area (TPSA) is 68.7 Å². The van der Waals surface area contributed by atoms with Crippen LogP contribution in [-0.2, 0) is 4.79 Å². The molecule has 6 heteroatoms. The van der Waals surface area contributed by atoms with Crippen LogP contribution in [0.2, 0.25) is 0 Å². The largest absolute Gasteiger partial charge is 0.479 e. The highest BCUT2D eigenvalue weighted by Crippen LogP contribution is 2.26. The number of ether oxygens (including phenoxy) is 2. The van der Waals surface area contributed by atoms with E-state index in [4.69, 9.17) is 14.6 Å². The molecule has 1 N–H and O–H groups in total. The number of aromatic nitrogens is 1. The van der Waals surface area contributed by atoms with Crippen LogP contribution < -0.4 is 9.47 Å². The molecule has 122 valence electrons. The number of nitrogens with zero attached hydrogens (tertiary/aromatic N) is 1. The number of carboxylic acid groups (broad SMARTS) is 1. The normalized spacial score (nSPS) is 11.9. The molecule has 0 aliphatic carbocycles. The van der Waals surface area contributed by atoms with Gasteiger partial charge in [-0.25, -0.2) is 9.78 Å². The van der Waals surface area contributed by atoms with Gasteiger partial charge in [0.05, 0.1) is 5.52 Å². The predicted molar refractivity (Wildman–Crippen MR) is 93.7 cm³/mol. The Kier molecular flexibility index (Phi) is 4.66. The summed E-state index contributed by atoms with van der Waals surface area (Å²) in [7, 11) is 0. The first-order chi connectivity index (χ1) is 11.5. The highest BCUT2D eigenvalue weighted by Gasteiger charge is 2.12. The lowest BCUT2D eigenvalue weighted by atomic mass is 10.2. The Labute approximate surface area is 147 Å². The lowest BCUT2D eigenvalue weighted by molar-refractivity contribution is -0.144. The van der Waals surface area contributed by atoms with Gasteiger partial charge in [-0.05, 0) is 49.4 Å². The maximum absolute atomic E-state index is 10.8. The van der Waals surface area contributed by atoms with Gasteiger partial charge in [-0.3, -0.25) is 0 Å². The van der Waals surface area contributed by atoms with Gasteiger partial charge in [0.2, 0.25) is 5.88 Å². The predicted octanol–water partition coefficient (Wildman–Crippen LogP) is 4.64. The fraction of sp³-hybridized carbons (Fsp3) is 0.111. The van der Waals surface area contributed by atoms with Crippen LogP contribution >= 0.6 is 15.9 Å².